The van der Waals surface area contributed by atoms with Crippen molar-refractivity contribution < 1.29 is 10.2 Å². The zero-order chi connectivity index (χ0) is 35.2. The lowest BCUT2D eigenvalue weighted by Crippen LogP contribution is -2.35. The van der Waals surface area contributed by atoms with E-state index < -0.39 is 0 Å². The molecule has 0 unspecified atom stereocenters. The van der Waals surface area contributed by atoms with Gasteiger partial charge in [0.05, 0.1) is 40.1 Å². The number of phenolic OH excluding ortho intramolecular Hbond substituents is 2. The minimum absolute atomic E-state index is 0.336. The molecule has 2 N–H and O–H groups in total. The number of aromatic nitrogens is 2. The molecule has 51 heavy (non-hydrogen) atoms. The third-order valence-corrected chi connectivity index (χ3v) is 10.3. The Kier molecular flexibility index (Phi) is 8.50. The smallest absolute Gasteiger partial charge is 0.142 e. The highest BCUT2D eigenvalue weighted by molar-refractivity contribution is 6.10. The molecule has 8 rings (SSSR count). The lowest BCUT2D eigenvalue weighted by molar-refractivity contribution is 0.185. The normalized spacial score (nSPS) is 12.0. The predicted octanol–water partition coefficient (Wildman–Crippen LogP) is 9.52. The summed E-state index contributed by atoms with van der Waals surface area (Å²) >= 11 is 0. The van der Waals surface area contributed by atoms with Gasteiger partial charge in [-0.25, -0.2) is 0 Å². The highest BCUT2D eigenvalue weighted by Gasteiger charge is 2.19. The molecule has 0 aliphatic rings. The molecule has 0 amide bonds. The number of para-hydroxylation sites is 4. The fraction of sp³-hybridized carbons (Fsp3) is 0.200. The maximum atomic E-state index is 11.7. The molecule has 8 aromatic rings. The molecule has 6 aromatic carbocycles. The molecule has 0 radical (unpaired) electrons. The number of phenols is 2. The van der Waals surface area contributed by atoms with E-state index in [-0.39, 0.29) is 0 Å². The molecule has 2 heterocycles. The van der Waals surface area contributed by atoms with Crippen molar-refractivity contribution in [2.75, 3.05) is 33.9 Å². The summed E-state index contributed by atoms with van der Waals surface area (Å²) in [7, 11) is 4.25. The van der Waals surface area contributed by atoms with Gasteiger partial charge in [-0.15, -0.1) is 0 Å². The molecule has 0 aliphatic heterocycles. The van der Waals surface area contributed by atoms with Crippen molar-refractivity contribution in [2.24, 2.45) is 0 Å². The molecule has 256 valence electrons. The van der Waals surface area contributed by atoms with Gasteiger partial charge in [-0.2, -0.15) is 0 Å². The van der Waals surface area contributed by atoms with E-state index in [1.165, 1.54) is 21.5 Å². The van der Waals surface area contributed by atoms with Crippen molar-refractivity contribution in [1.29, 1.82) is 0 Å². The first-order valence-electron chi connectivity index (χ1n) is 17.8. The second kappa shape index (κ2) is 13.3. The fourth-order valence-electron chi connectivity index (χ4n) is 7.93. The highest BCUT2D eigenvalue weighted by atomic mass is 16.3. The number of hydrogen-bond acceptors (Lipinski definition) is 4. The number of rotatable bonds is 10. The molecule has 0 spiro atoms. The second-order valence-electron chi connectivity index (χ2n) is 14.1. The van der Waals surface area contributed by atoms with Crippen LogP contribution in [0.1, 0.15) is 22.3 Å². The van der Waals surface area contributed by atoms with Gasteiger partial charge in [0.1, 0.15) is 11.5 Å². The Balaban J connectivity index is 0.978. The monoisotopic (exact) mass is 672 g/mol. The second-order valence-corrected chi connectivity index (χ2v) is 14.1. The Bertz CT molecular complexity index is 2280. The lowest BCUT2D eigenvalue weighted by Gasteiger charge is -2.25. The molecule has 6 nitrogen and oxygen atoms in total. The molecule has 0 bridgehead atoms. The molecular formula is C45H44N4O2. The van der Waals surface area contributed by atoms with Crippen LogP contribution in [0.25, 0.3) is 55.0 Å². The Morgan fingerprint density at radius 1 is 0.471 bits per heavy atom. The minimum atomic E-state index is 0.336. The quantitative estimate of drug-likeness (QED) is 0.142. The van der Waals surface area contributed by atoms with Gasteiger partial charge in [0.25, 0.3) is 0 Å². The minimum Gasteiger partial charge on any atom is -0.505 e. The van der Waals surface area contributed by atoms with Crippen molar-refractivity contribution in [3.63, 3.8) is 0 Å². The van der Waals surface area contributed by atoms with E-state index in [1.807, 2.05) is 0 Å². The lowest BCUT2D eigenvalue weighted by atomic mass is 10.0. The van der Waals surface area contributed by atoms with Gasteiger partial charge < -0.3 is 19.3 Å². The summed E-state index contributed by atoms with van der Waals surface area (Å²) in [6.45, 7) is 6.55. The van der Waals surface area contributed by atoms with Crippen molar-refractivity contribution in [3.05, 3.63) is 144 Å². The van der Waals surface area contributed by atoms with E-state index in [0.29, 0.717) is 11.5 Å². The van der Waals surface area contributed by atoms with Gasteiger partial charge in [-0.05, 0) is 99.4 Å². The first-order chi connectivity index (χ1) is 24.8. The summed E-state index contributed by atoms with van der Waals surface area (Å²) in [6, 6.07) is 42.0. The van der Waals surface area contributed by atoms with Gasteiger partial charge in [0, 0.05) is 34.6 Å². The first kappa shape index (κ1) is 32.6. The Morgan fingerprint density at radius 3 is 1.12 bits per heavy atom. The summed E-state index contributed by atoms with van der Waals surface area (Å²) in [6.07, 6.45) is 1.45. The predicted molar refractivity (Wildman–Crippen MR) is 212 cm³/mol. The standard InChI is InChI=1S/C45H44N4O2/c1-30-25-32(44(50)42(27-30)48-38-17-9-5-13-34(38)35-14-6-10-18-39(35)48)21-23-46(3)29-47(4)24-22-33-26-31(2)28-43(45(33)51)49-40-19-11-7-15-36(40)37-16-8-12-20-41(37)49/h5-20,25-28,50-51H,21-24,29H2,1-4H3. The summed E-state index contributed by atoms with van der Waals surface area (Å²) in [5.74, 6) is 0.672. The molecule has 6 heteroatoms. The van der Waals surface area contributed by atoms with Gasteiger partial charge in [0.2, 0.25) is 0 Å². The fourth-order valence-corrected chi connectivity index (χ4v) is 7.93. The first-order valence-corrected chi connectivity index (χ1v) is 17.8. The van der Waals surface area contributed by atoms with Gasteiger partial charge in [-0.3, -0.25) is 9.80 Å². The Hall–Kier alpha value is -5.56. The number of fused-ring (bicyclic) bond motifs is 6. The van der Waals surface area contributed by atoms with E-state index in [1.54, 1.807) is 0 Å². The van der Waals surface area contributed by atoms with Gasteiger partial charge in [0.15, 0.2) is 0 Å². The number of hydrogen-bond donors (Lipinski definition) is 2. The highest BCUT2D eigenvalue weighted by Crippen LogP contribution is 2.38. The van der Waals surface area contributed by atoms with Crippen LogP contribution in [-0.4, -0.2) is 63.0 Å². The van der Waals surface area contributed by atoms with E-state index in [9.17, 15) is 10.2 Å². The van der Waals surface area contributed by atoms with Crippen LogP contribution >= 0.6 is 0 Å². The van der Waals surface area contributed by atoms with Crippen LogP contribution in [0.5, 0.6) is 11.5 Å². The third kappa shape index (κ3) is 5.90. The number of nitrogens with zero attached hydrogens (tertiary/aromatic N) is 4. The van der Waals surface area contributed by atoms with Crippen molar-refractivity contribution in [1.82, 2.24) is 18.9 Å². The average molecular weight is 673 g/mol. The molecule has 0 saturated heterocycles. The average Bonchev–Trinajstić information content (AvgIpc) is 3.65. The third-order valence-electron chi connectivity index (χ3n) is 10.3. The number of aromatic hydroxyl groups is 2. The summed E-state index contributed by atoms with van der Waals surface area (Å²) < 4.78 is 4.39. The number of aryl methyl sites for hydroxylation is 2. The molecule has 0 aliphatic carbocycles. The van der Waals surface area contributed by atoms with Gasteiger partial charge >= 0.3 is 0 Å². The zero-order valence-electron chi connectivity index (χ0n) is 29.8. The van der Waals surface area contributed by atoms with Crippen LogP contribution < -0.4 is 0 Å². The van der Waals surface area contributed by atoms with Crippen LogP contribution in [0.3, 0.4) is 0 Å². The summed E-state index contributed by atoms with van der Waals surface area (Å²) in [5.41, 5.74) is 10.1. The SMILES string of the molecule is Cc1cc(CCN(C)CN(C)CCc2cc(C)cc(-n3c4ccccc4c4ccccc43)c2O)c(O)c(-n2c3ccccc3c3ccccc32)c1. The van der Waals surface area contributed by atoms with Gasteiger partial charge in [-0.1, -0.05) is 84.9 Å². The largest absolute Gasteiger partial charge is 0.505 e. The van der Waals surface area contributed by atoms with E-state index in [2.05, 4.69) is 168 Å². The van der Waals surface area contributed by atoms with Crippen molar-refractivity contribution in [3.8, 4) is 22.9 Å². The van der Waals surface area contributed by atoms with Crippen LogP contribution in [0, 0.1) is 13.8 Å². The van der Waals surface area contributed by atoms with E-state index >= 15 is 0 Å². The molecule has 0 atom stereocenters. The molecule has 0 fully saturated rings. The maximum Gasteiger partial charge on any atom is 0.142 e. The summed E-state index contributed by atoms with van der Waals surface area (Å²) in [4.78, 5) is 4.59. The molecule has 2 aromatic heterocycles. The van der Waals surface area contributed by atoms with Crippen LogP contribution in [-0.2, 0) is 12.8 Å². The van der Waals surface area contributed by atoms with Crippen LogP contribution in [0.4, 0.5) is 0 Å². The Labute approximate surface area is 299 Å². The topological polar surface area (TPSA) is 56.8 Å². The van der Waals surface area contributed by atoms with E-state index in [4.69, 9.17) is 0 Å². The maximum absolute atomic E-state index is 11.7. The van der Waals surface area contributed by atoms with Crippen LogP contribution in [0.2, 0.25) is 0 Å². The molecule has 0 saturated carbocycles. The van der Waals surface area contributed by atoms with E-state index in [0.717, 1.165) is 88.3 Å². The zero-order valence-corrected chi connectivity index (χ0v) is 29.8. The number of likely N-dealkylation sites (N-methyl/N-ethyl adjacent to an activating group) is 2. The number of benzene rings is 6. The molecular weight excluding hydrogens is 629 g/mol. The van der Waals surface area contributed by atoms with Crippen molar-refractivity contribution in [2.45, 2.75) is 26.7 Å². The van der Waals surface area contributed by atoms with Crippen molar-refractivity contribution >= 4 is 43.6 Å². The Morgan fingerprint density at radius 2 is 0.784 bits per heavy atom. The van der Waals surface area contributed by atoms with Crippen LogP contribution in [0.15, 0.2) is 121 Å². The summed E-state index contributed by atoms with van der Waals surface area (Å²) in [5, 5.41) is 28.1.